The highest BCUT2D eigenvalue weighted by Crippen LogP contribution is 2.16. The molecule has 2 aromatic rings. The number of furan rings is 1. The van der Waals surface area contributed by atoms with Crippen LogP contribution in [-0.2, 0) is 19.9 Å². The molecule has 0 aliphatic carbocycles. The summed E-state index contributed by atoms with van der Waals surface area (Å²) in [6.07, 6.45) is 4.16. The SMILES string of the molecule is Cc1nn(C)c(C)c1CC(O)Cc1ccoc1. The number of hydrogen-bond acceptors (Lipinski definition) is 3. The second-order valence-electron chi connectivity index (χ2n) is 4.47. The third-order valence-electron chi connectivity index (χ3n) is 3.15. The molecule has 17 heavy (non-hydrogen) atoms. The Morgan fingerprint density at radius 2 is 2.18 bits per heavy atom. The van der Waals surface area contributed by atoms with Gasteiger partial charge in [-0.25, -0.2) is 0 Å². The Morgan fingerprint density at radius 1 is 1.41 bits per heavy atom. The molecule has 0 amide bonds. The van der Waals surface area contributed by atoms with Crippen molar-refractivity contribution in [3.8, 4) is 0 Å². The maximum atomic E-state index is 10.1. The maximum absolute atomic E-state index is 10.1. The molecule has 0 bridgehead atoms. The summed E-state index contributed by atoms with van der Waals surface area (Å²) in [6.45, 7) is 4.01. The predicted octanol–water partition coefficient (Wildman–Crippen LogP) is 1.78. The van der Waals surface area contributed by atoms with Gasteiger partial charge in [0.1, 0.15) is 0 Å². The number of aliphatic hydroxyl groups excluding tert-OH is 1. The van der Waals surface area contributed by atoms with Gasteiger partial charge in [-0.1, -0.05) is 0 Å². The molecule has 2 rings (SSSR count). The number of nitrogens with zero attached hydrogens (tertiary/aromatic N) is 2. The van der Waals surface area contributed by atoms with Gasteiger partial charge < -0.3 is 9.52 Å². The molecule has 0 saturated heterocycles. The average molecular weight is 234 g/mol. The van der Waals surface area contributed by atoms with Gasteiger partial charge in [0.05, 0.1) is 24.3 Å². The summed E-state index contributed by atoms with van der Waals surface area (Å²) in [7, 11) is 1.92. The molecule has 0 fully saturated rings. The molecule has 1 unspecified atom stereocenters. The lowest BCUT2D eigenvalue weighted by Crippen LogP contribution is -2.14. The summed E-state index contributed by atoms with van der Waals surface area (Å²) in [5.74, 6) is 0. The topological polar surface area (TPSA) is 51.2 Å². The van der Waals surface area contributed by atoms with Crippen LogP contribution in [0.2, 0.25) is 0 Å². The zero-order valence-electron chi connectivity index (χ0n) is 10.5. The van der Waals surface area contributed by atoms with E-state index in [9.17, 15) is 5.11 Å². The van der Waals surface area contributed by atoms with E-state index in [1.54, 1.807) is 12.5 Å². The van der Waals surface area contributed by atoms with Crippen LogP contribution in [0.4, 0.5) is 0 Å². The molecule has 0 aliphatic rings. The zero-order valence-corrected chi connectivity index (χ0v) is 10.5. The molecule has 0 saturated carbocycles. The van der Waals surface area contributed by atoms with Crippen molar-refractivity contribution in [3.05, 3.63) is 41.1 Å². The van der Waals surface area contributed by atoms with Crippen molar-refractivity contribution < 1.29 is 9.52 Å². The summed E-state index contributed by atoms with van der Waals surface area (Å²) in [4.78, 5) is 0. The molecule has 0 radical (unpaired) electrons. The van der Waals surface area contributed by atoms with Gasteiger partial charge in [0.15, 0.2) is 0 Å². The van der Waals surface area contributed by atoms with Gasteiger partial charge in [0.2, 0.25) is 0 Å². The molecule has 2 aromatic heterocycles. The minimum atomic E-state index is -0.394. The number of rotatable bonds is 4. The predicted molar refractivity (Wildman–Crippen MR) is 64.8 cm³/mol. The van der Waals surface area contributed by atoms with Gasteiger partial charge in [0.25, 0.3) is 0 Å². The standard InChI is InChI=1S/C13H18N2O2/c1-9-13(10(2)15(3)14-9)7-12(16)6-11-4-5-17-8-11/h4-5,8,12,16H,6-7H2,1-3H3. The lowest BCUT2D eigenvalue weighted by Gasteiger charge is -2.09. The first-order chi connectivity index (χ1) is 8.08. The lowest BCUT2D eigenvalue weighted by atomic mass is 10.0. The van der Waals surface area contributed by atoms with Crippen LogP contribution >= 0.6 is 0 Å². The quantitative estimate of drug-likeness (QED) is 0.877. The number of aliphatic hydroxyl groups is 1. The van der Waals surface area contributed by atoms with E-state index in [-0.39, 0.29) is 0 Å². The summed E-state index contributed by atoms with van der Waals surface area (Å²) in [6, 6.07) is 1.88. The van der Waals surface area contributed by atoms with Crippen molar-refractivity contribution in [2.75, 3.05) is 0 Å². The molecule has 0 aliphatic heterocycles. The maximum Gasteiger partial charge on any atom is 0.0935 e. The van der Waals surface area contributed by atoms with Crippen molar-refractivity contribution in [2.24, 2.45) is 7.05 Å². The van der Waals surface area contributed by atoms with Crippen LogP contribution in [0, 0.1) is 13.8 Å². The normalized spacial score (nSPS) is 12.9. The van der Waals surface area contributed by atoms with E-state index in [2.05, 4.69) is 5.10 Å². The van der Waals surface area contributed by atoms with Crippen LogP contribution in [0.3, 0.4) is 0 Å². The minimum Gasteiger partial charge on any atom is -0.472 e. The molecule has 0 spiro atoms. The second-order valence-corrected chi connectivity index (χ2v) is 4.47. The van der Waals surface area contributed by atoms with E-state index in [1.165, 1.54) is 0 Å². The van der Waals surface area contributed by atoms with Crippen LogP contribution in [0.1, 0.15) is 22.5 Å². The Balaban J connectivity index is 2.05. The fourth-order valence-corrected chi connectivity index (χ4v) is 2.10. The third kappa shape index (κ3) is 2.58. The van der Waals surface area contributed by atoms with Crippen molar-refractivity contribution >= 4 is 0 Å². The number of hydrogen-bond donors (Lipinski definition) is 1. The minimum absolute atomic E-state index is 0.394. The molecule has 2 heterocycles. The molecular formula is C13H18N2O2. The van der Waals surface area contributed by atoms with Crippen LogP contribution in [0.25, 0.3) is 0 Å². The van der Waals surface area contributed by atoms with E-state index in [0.29, 0.717) is 12.8 Å². The van der Waals surface area contributed by atoms with Gasteiger partial charge in [0, 0.05) is 25.6 Å². The molecule has 1 N–H and O–H groups in total. The molecule has 92 valence electrons. The fourth-order valence-electron chi connectivity index (χ4n) is 2.10. The Labute approximate surface area is 101 Å². The first-order valence-electron chi connectivity index (χ1n) is 5.76. The molecule has 4 nitrogen and oxygen atoms in total. The molecule has 1 atom stereocenters. The largest absolute Gasteiger partial charge is 0.472 e. The van der Waals surface area contributed by atoms with Crippen LogP contribution in [0.5, 0.6) is 0 Å². The second kappa shape index (κ2) is 4.75. The van der Waals surface area contributed by atoms with Gasteiger partial charge >= 0.3 is 0 Å². The van der Waals surface area contributed by atoms with Gasteiger partial charge in [-0.2, -0.15) is 5.10 Å². The van der Waals surface area contributed by atoms with Crippen LogP contribution in [-0.4, -0.2) is 21.0 Å². The highest BCUT2D eigenvalue weighted by atomic mass is 16.3. The van der Waals surface area contributed by atoms with E-state index in [4.69, 9.17) is 4.42 Å². The summed E-state index contributed by atoms with van der Waals surface area (Å²) in [5.41, 5.74) is 4.28. The van der Waals surface area contributed by atoms with Crippen LogP contribution in [0.15, 0.2) is 23.0 Å². The van der Waals surface area contributed by atoms with Gasteiger partial charge in [-0.05, 0) is 31.0 Å². The van der Waals surface area contributed by atoms with Crippen molar-refractivity contribution in [1.29, 1.82) is 0 Å². The van der Waals surface area contributed by atoms with E-state index in [1.807, 2.05) is 31.6 Å². The first kappa shape index (κ1) is 11.9. The summed E-state index contributed by atoms with van der Waals surface area (Å²) in [5, 5.41) is 14.4. The van der Waals surface area contributed by atoms with Gasteiger partial charge in [-0.3, -0.25) is 4.68 Å². The van der Waals surface area contributed by atoms with E-state index >= 15 is 0 Å². The Morgan fingerprint density at radius 3 is 2.71 bits per heavy atom. The highest BCUT2D eigenvalue weighted by Gasteiger charge is 2.14. The van der Waals surface area contributed by atoms with Crippen molar-refractivity contribution in [1.82, 2.24) is 9.78 Å². The molecule has 4 heteroatoms. The molecular weight excluding hydrogens is 216 g/mol. The zero-order chi connectivity index (χ0) is 12.4. The Hall–Kier alpha value is -1.55. The monoisotopic (exact) mass is 234 g/mol. The van der Waals surface area contributed by atoms with Crippen molar-refractivity contribution in [2.45, 2.75) is 32.8 Å². The number of aromatic nitrogens is 2. The first-order valence-corrected chi connectivity index (χ1v) is 5.76. The van der Waals surface area contributed by atoms with E-state index in [0.717, 1.165) is 22.5 Å². The Kier molecular flexibility index (Phi) is 3.33. The summed E-state index contributed by atoms with van der Waals surface area (Å²) < 4.78 is 6.85. The van der Waals surface area contributed by atoms with Gasteiger partial charge in [-0.15, -0.1) is 0 Å². The summed E-state index contributed by atoms with van der Waals surface area (Å²) >= 11 is 0. The van der Waals surface area contributed by atoms with E-state index < -0.39 is 6.10 Å². The van der Waals surface area contributed by atoms with Crippen LogP contribution < -0.4 is 0 Å². The van der Waals surface area contributed by atoms with Crippen molar-refractivity contribution in [3.63, 3.8) is 0 Å². The average Bonchev–Trinajstić information content (AvgIpc) is 2.83. The number of aryl methyl sites for hydroxylation is 2. The smallest absolute Gasteiger partial charge is 0.0935 e. The fraction of sp³-hybridized carbons (Fsp3) is 0.462. The highest BCUT2D eigenvalue weighted by molar-refractivity contribution is 5.25. The molecule has 0 aromatic carbocycles. The Bertz CT molecular complexity index is 486. The lowest BCUT2D eigenvalue weighted by molar-refractivity contribution is 0.174. The third-order valence-corrected chi connectivity index (χ3v) is 3.15.